The van der Waals surface area contributed by atoms with Gasteiger partial charge < -0.3 is 10.3 Å². The molecule has 4 heterocycles. The minimum Gasteiger partial charge on any atom is -0.346 e. The fraction of sp³-hybridized carbons (Fsp3) is 0.231. The lowest BCUT2D eigenvalue weighted by atomic mass is 10.1. The first-order valence-electron chi connectivity index (χ1n) is 6.09. The summed E-state index contributed by atoms with van der Waals surface area (Å²) in [5, 5.41) is 8.85. The number of aromatic nitrogens is 4. The molecule has 0 unspecified atom stereocenters. The van der Waals surface area contributed by atoms with Gasteiger partial charge in [0.05, 0.1) is 12.2 Å². The summed E-state index contributed by atoms with van der Waals surface area (Å²) in [7, 11) is 0. The van der Waals surface area contributed by atoms with E-state index in [1.165, 1.54) is 5.56 Å². The normalized spacial score (nSPS) is 16.0. The summed E-state index contributed by atoms with van der Waals surface area (Å²) in [6.07, 6.45) is 7.80. The van der Waals surface area contributed by atoms with Crippen molar-refractivity contribution >= 4 is 11.0 Å². The van der Waals surface area contributed by atoms with Crippen molar-refractivity contribution in [1.29, 1.82) is 0 Å². The van der Waals surface area contributed by atoms with Crippen molar-refractivity contribution in [2.75, 3.05) is 13.1 Å². The van der Waals surface area contributed by atoms with E-state index in [9.17, 15) is 0 Å². The van der Waals surface area contributed by atoms with Gasteiger partial charge in [0.1, 0.15) is 5.65 Å². The Hall–Kier alpha value is -2.14. The Balaban J connectivity index is 1.81. The van der Waals surface area contributed by atoms with Crippen molar-refractivity contribution in [3.63, 3.8) is 0 Å². The second kappa shape index (κ2) is 3.68. The number of nitrogens with one attached hydrogen (secondary N) is 2. The average molecular weight is 239 g/mol. The molecule has 2 N–H and O–H groups in total. The van der Waals surface area contributed by atoms with E-state index in [0.29, 0.717) is 6.04 Å². The van der Waals surface area contributed by atoms with Crippen molar-refractivity contribution in [2.45, 2.75) is 6.04 Å². The van der Waals surface area contributed by atoms with Crippen LogP contribution in [0.3, 0.4) is 0 Å². The summed E-state index contributed by atoms with van der Waals surface area (Å²) in [4.78, 5) is 7.44. The Morgan fingerprint density at radius 2 is 2.22 bits per heavy atom. The van der Waals surface area contributed by atoms with E-state index in [4.69, 9.17) is 0 Å². The summed E-state index contributed by atoms with van der Waals surface area (Å²) < 4.78 is 2.05. The molecule has 0 radical (unpaired) electrons. The van der Waals surface area contributed by atoms with Gasteiger partial charge in [0.2, 0.25) is 0 Å². The van der Waals surface area contributed by atoms with Gasteiger partial charge in [-0.25, -0.2) is 4.98 Å². The third kappa shape index (κ3) is 1.37. The maximum Gasteiger partial charge on any atom is 0.137 e. The largest absolute Gasteiger partial charge is 0.346 e. The molecular formula is C13H13N5. The SMILES string of the molecule is c1cc(-c2cnn(C3CNC3)c2)c2cc[nH]c2n1. The minimum absolute atomic E-state index is 0.502. The molecule has 5 nitrogen and oxygen atoms in total. The molecule has 3 aromatic heterocycles. The second-order valence-electron chi connectivity index (χ2n) is 4.62. The summed E-state index contributed by atoms with van der Waals surface area (Å²) >= 11 is 0. The van der Waals surface area contributed by atoms with E-state index < -0.39 is 0 Å². The molecule has 0 spiro atoms. The van der Waals surface area contributed by atoms with E-state index in [-0.39, 0.29) is 0 Å². The Labute approximate surface area is 104 Å². The molecule has 1 aliphatic heterocycles. The first kappa shape index (κ1) is 9.85. The molecule has 0 aliphatic carbocycles. The number of hydrogen-bond donors (Lipinski definition) is 2. The quantitative estimate of drug-likeness (QED) is 0.713. The average Bonchev–Trinajstić information content (AvgIpc) is 2.93. The summed E-state index contributed by atoms with van der Waals surface area (Å²) in [5.74, 6) is 0. The van der Waals surface area contributed by atoms with Gasteiger partial charge in [0.15, 0.2) is 0 Å². The zero-order valence-electron chi connectivity index (χ0n) is 9.80. The maximum atomic E-state index is 4.45. The van der Waals surface area contributed by atoms with Crippen molar-refractivity contribution in [1.82, 2.24) is 25.1 Å². The predicted octanol–water partition coefficient (Wildman–Crippen LogP) is 1.57. The summed E-state index contributed by atoms with van der Waals surface area (Å²) in [5.41, 5.74) is 3.25. The molecule has 1 saturated heterocycles. The molecule has 0 aromatic carbocycles. The second-order valence-corrected chi connectivity index (χ2v) is 4.62. The first-order valence-corrected chi connectivity index (χ1v) is 6.09. The highest BCUT2D eigenvalue weighted by molar-refractivity contribution is 5.92. The van der Waals surface area contributed by atoms with Crippen molar-refractivity contribution in [2.24, 2.45) is 0 Å². The van der Waals surface area contributed by atoms with Gasteiger partial charge in [0, 0.05) is 42.6 Å². The number of pyridine rings is 1. The van der Waals surface area contributed by atoms with Crippen LogP contribution in [0.25, 0.3) is 22.2 Å². The van der Waals surface area contributed by atoms with E-state index >= 15 is 0 Å². The van der Waals surface area contributed by atoms with Gasteiger partial charge in [-0.05, 0) is 17.7 Å². The van der Waals surface area contributed by atoms with E-state index in [1.807, 2.05) is 29.3 Å². The fourth-order valence-electron chi connectivity index (χ4n) is 2.35. The highest BCUT2D eigenvalue weighted by Gasteiger charge is 2.19. The van der Waals surface area contributed by atoms with E-state index in [2.05, 4.69) is 32.6 Å². The fourth-order valence-corrected chi connectivity index (χ4v) is 2.35. The molecule has 3 aromatic rings. The zero-order valence-corrected chi connectivity index (χ0v) is 9.80. The molecule has 4 rings (SSSR count). The van der Waals surface area contributed by atoms with Crippen LogP contribution < -0.4 is 5.32 Å². The highest BCUT2D eigenvalue weighted by Crippen LogP contribution is 2.27. The van der Waals surface area contributed by atoms with Gasteiger partial charge in [-0.3, -0.25) is 4.68 Å². The van der Waals surface area contributed by atoms with Gasteiger partial charge in [-0.15, -0.1) is 0 Å². The molecular weight excluding hydrogens is 226 g/mol. The molecule has 0 amide bonds. The number of aromatic amines is 1. The lowest BCUT2D eigenvalue weighted by Gasteiger charge is -2.27. The van der Waals surface area contributed by atoms with Crippen LogP contribution in [0.15, 0.2) is 36.9 Å². The lowest BCUT2D eigenvalue weighted by Crippen LogP contribution is -2.43. The van der Waals surface area contributed by atoms with E-state index in [1.54, 1.807) is 0 Å². The Kier molecular flexibility index (Phi) is 2.01. The molecule has 5 heteroatoms. The van der Waals surface area contributed by atoms with Gasteiger partial charge in [-0.2, -0.15) is 5.10 Å². The summed E-state index contributed by atoms with van der Waals surface area (Å²) in [6.45, 7) is 2.02. The maximum absolute atomic E-state index is 4.45. The van der Waals surface area contributed by atoms with Gasteiger partial charge in [0.25, 0.3) is 0 Å². The molecule has 0 atom stereocenters. The predicted molar refractivity (Wildman–Crippen MR) is 69.2 cm³/mol. The third-order valence-electron chi connectivity index (χ3n) is 3.51. The molecule has 1 aliphatic rings. The third-order valence-corrected chi connectivity index (χ3v) is 3.51. The molecule has 90 valence electrons. The number of rotatable bonds is 2. The van der Waals surface area contributed by atoms with Crippen LogP contribution in [-0.4, -0.2) is 32.8 Å². The van der Waals surface area contributed by atoms with Gasteiger partial charge in [-0.1, -0.05) is 0 Å². The standard InChI is InChI=1S/C13H13N5/c1-3-15-13-12(2-4-16-13)11(1)9-5-17-18(8-9)10-6-14-7-10/h1-5,8,10,14H,6-7H2,(H,15,16). The van der Waals surface area contributed by atoms with Crippen LogP contribution >= 0.6 is 0 Å². The molecule has 18 heavy (non-hydrogen) atoms. The Morgan fingerprint density at radius 3 is 3.06 bits per heavy atom. The van der Waals surface area contributed by atoms with Crippen molar-refractivity contribution < 1.29 is 0 Å². The monoisotopic (exact) mass is 239 g/mol. The number of fused-ring (bicyclic) bond motifs is 1. The molecule has 0 bridgehead atoms. The van der Waals surface area contributed by atoms with Crippen LogP contribution in [0.2, 0.25) is 0 Å². The number of nitrogens with zero attached hydrogens (tertiary/aromatic N) is 3. The molecule has 0 saturated carbocycles. The Bertz CT molecular complexity index is 692. The lowest BCUT2D eigenvalue weighted by molar-refractivity contribution is 0.318. The number of hydrogen-bond acceptors (Lipinski definition) is 3. The van der Waals surface area contributed by atoms with Crippen LogP contribution in [-0.2, 0) is 0 Å². The van der Waals surface area contributed by atoms with E-state index in [0.717, 1.165) is 29.7 Å². The van der Waals surface area contributed by atoms with Crippen molar-refractivity contribution in [3.05, 3.63) is 36.9 Å². The Morgan fingerprint density at radius 1 is 1.28 bits per heavy atom. The van der Waals surface area contributed by atoms with Crippen LogP contribution in [0.5, 0.6) is 0 Å². The minimum atomic E-state index is 0.502. The number of H-pyrrole nitrogens is 1. The molecule has 1 fully saturated rings. The van der Waals surface area contributed by atoms with Crippen LogP contribution in [0.1, 0.15) is 6.04 Å². The zero-order chi connectivity index (χ0) is 11.9. The van der Waals surface area contributed by atoms with Crippen LogP contribution in [0, 0.1) is 0 Å². The van der Waals surface area contributed by atoms with Gasteiger partial charge >= 0.3 is 0 Å². The summed E-state index contributed by atoms with van der Waals surface area (Å²) in [6, 6.07) is 4.60. The van der Waals surface area contributed by atoms with Crippen LogP contribution in [0.4, 0.5) is 0 Å². The smallest absolute Gasteiger partial charge is 0.137 e. The van der Waals surface area contributed by atoms with Crippen molar-refractivity contribution in [3.8, 4) is 11.1 Å². The highest BCUT2D eigenvalue weighted by atomic mass is 15.3. The topological polar surface area (TPSA) is 58.5 Å². The first-order chi connectivity index (χ1) is 8.92.